The van der Waals surface area contributed by atoms with Crippen LogP contribution in [0.15, 0.2) is 0 Å². The lowest BCUT2D eigenvalue weighted by Gasteiger charge is -2.38. The summed E-state index contributed by atoms with van der Waals surface area (Å²) in [6.45, 7) is 4.15. The Balaban J connectivity index is 2.00. The summed E-state index contributed by atoms with van der Waals surface area (Å²) in [5.74, 6) is 0.302. The Kier molecular flexibility index (Phi) is 3.95. The third-order valence-electron chi connectivity index (χ3n) is 2.98. The van der Waals surface area contributed by atoms with Gasteiger partial charge < -0.3 is 5.32 Å². The maximum Gasteiger partial charge on any atom is 0.147 e. The second kappa shape index (κ2) is 4.62. The number of hydrogen-bond acceptors (Lipinski definition) is 3. The molecule has 1 N–H and O–H groups in total. The SMILES string of the molecule is CC1(CNCCCS(C)(=O)=O)CCC1. The van der Waals surface area contributed by atoms with E-state index in [2.05, 4.69) is 12.2 Å². The van der Waals surface area contributed by atoms with Crippen molar-refractivity contribution in [1.29, 1.82) is 0 Å². The molecule has 84 valence electrons. The van der Waals surface area contributed by atoms with Crippen molar-refractivity contribution in [2.24, 2.45) is 5.41 Å². The second-order valence-corrected chi connectivity index (χ2v) is 7.08. The fourth-order valence-electron chi connectivity index (χ4n) is 1.81. The summed E-state index contributed by atoms with van der Waals surface area (Å²) in [6.07, 6.45) is 5.99. The monoisotopic (exact) mass is 219 g/mol. The molecule has 0 heterocycles. The highest BCUT2D eigenvalue weighted by Gasteiger charge is 2.30. The first-order valence-corrected chi connectivity index (χ1v) is 7.36. The van der Waals surface area contributed by atoms with Crippen LogP contribution in [0.4, 0.5) is 0 Å². The van der Waals surface area contributed by atoms with Gasteiger partial charge in [0, 0.05) is 12.8 Å². The molecule has 1 aliphatic carbocycles. The molecule has 0 aromatic rings. The van der Waals surface area contributed by atoms with Crippen molar-refractivity contribution in [2.45, 2.75) is 32.6 Å². The van der Waals surface area contributed by atoms with Crippen LogP contribution in [0.25, 0.3) is 0 Å². The van der Waals surface area contributed by atoms with Crippen molar-refractivity contribution < 1.29 is 8.42 Å². The van der Waals surface area contributed by atoms with E-state index in [1.165, 1.54) is 25.5 Å². The van der Waals surface area contributed by atoms with E-state index in [4.69, 9.17) is 0 Å². The maximum absolute atomic E-state index is 10.8. The highest BCUT2D eigenvalue weighted by Crippen LogP contribution is 2.39. The Morgan fingerprint density at radius 1 is 1.36 bits per heavy atom. The van der Waals surface area contributed by atoms with Crippen molar-refractivity contribution in [2.75, 3.05) is 25.1 Å². The molecule has 14 heavy (non-hydrogen) atoms. The van der Waals surface area contributed by atoms with Gasteiger partial charge in [-0.05, 0) is 31.2 Å². The van der Waals surface area contributed by atoms with E-state index in [-0.39, 0.29) is 0 Å². The van der Waals surface area contributed by atoms with Crippen LogP contribution >= 0.6 is 0 Å². The van der Waals surface area contributed by atoms with Crippen molar-refractivity contribution in [3.8, 4) is 0 Å². The van der Waals surface area contributed by atoms with Gasteiger partial charge in [0.25, 0.3) is 0 Å². The lowest BCUT2D eigenvalue weighted by Crippen LogP contribution is -2.37. The molecule has 0 unspecified atom stereocenters. The van der Waals surface area contributed by atoms with Gasteiger partial charge in [0.15, 0.2) is 0 Å². The molecule has 0 amide bonds. The fraction of sp³-hybridized carbons (Fsp3) is 1.00. The first kappa shape index (κ1) is 12.0. The van der Waals surface area contributed by atoms with Crippen LogP contribution < -0.4 is 5.32 Å². The molecule has 0 atom stereocenters. The van der Waals surface area contributed by atoms with Crippen LogP contribution in [0, 0.1) is 5.41 Å². The predicted molar refractivity (Wildman–Crippen MR) is 59.2 cm³/mol. The summed E-state index contributed by atoms with van der Waals surface area (Å²) in [7, 11) is -2.77. The Labute approximate surface area is 87.2 Å². The summed E-state index contributed by atoms with van der Waals surface area (Å²) >= 11 is 0. The Bertz CT molecular complexity index is 268. The summed E-state index contributed by atoms with van der Waals surface area (Å²) in [5, 5.41) is 3.34. The molecule has 0 bridgehead atoms. The summed E-state index contributed by atoms with van der Waals surface area (Å²) in [5.41, 5.74) is 0.491. The van der Waals surface area contributed by atoms with Crippen molar-refractivity contribution in [1.82, 2.24) is 5.32 Å². The molecule has 0 aromatic heterocycles. The average Bonchev–Trinajstić information content (AvgIpc) is 1.98. The minimum Gasteiger partial charge on any atom is -0.316 e. The molecule has 1 saturated carbocycles. The normalized spacial score (nSPS) is 20.4. The van der Waals surface area contributed by atoms with Gasteiger partial charge in [0.2, 0.25) is 0 Å². The first-order valence-electron chi connectivity index (χ1n) is 5.30. The highest BCUT2D eigenvalue weighted by atomic mass is 32.2. The van der Waals surface area contributed by atoms with Crippen LogP contribution in [0.2, 0.25) is 0 Å². The molecule has 1 aliphatic rings. The number of sulfone groups is 1. The number of rotatable bonds is 6. The van der Waals surface area contributed by atoms with Crippen molar-refractivity contribution >= 4 is 9.84 Å². The molecule has 0 radical (unpaired) electrons. The third-order valence-corrected chi connectivity index (χ3v) is 4.01. The second-order valence-electron chi connectivity index (χ2n) is 4.82. The molecular formula is C10H21NO2S. The lowest BCUT2D eigenvalue weighted by molar-refractivity contribution is 0.157. The van der Waals surface area contributed by atoms with Crippen LogP contribution in [-0.4, -0.2) is 33.5 Å². The van der Waals surface area contributed by atoms with Crippen LogP contribution in [0.3, 0.4) is 0 Å². The predicted octanol–water partition coefficient (Wildman–Crippen LogP) is 1.20. The molecule has 4 heteroatoms. The van der Waals surface area contributed by atoms with Gasteiger partial charge in [-0.3, -0.25) is 0 Å². The average molecular weight is 219 g/mol. The Morgan fingerprint density at radius 2 is 2.00 bits per heavy atom. The fourth-order valence-corrected chi connectivity index (χ4v) is 2.48. The van der Waals surface area contributed by atoms with Gasteiger partial charge >= 0.3 is 0 Å². The molecular weight excluding hydrogens is 198 g/mol. The standard InChI is InChI=1S/C10H21NO2S/c1-10(5-3-6-10)9-11-7-4-8-14(2,12)13/h11H,3-9H2,1-2H3. The van der Waals surface area contributed by atoms with E-state index in [0.29, 0.717) is 11.2 Å². The summed E-state index contributed by atoms with van der Waals surface area (Å²) in [6, 6.07) is 0. The van der Waals surface area contributed by atoms with E-state index in [0.717, 1.165) is 19.5 Å². The number of nitrogens with one attached hydrogen (secondary N) is 1. The minimum atomic E-state index is -2.77. The van der Waals surface area contributed by atoms with Crippen LogP contribution in [0.5, 0.6) is 0 Å². The van der Waals surface area contributed by atoms with Gasteiger partial charge in [-0.15, -0.1) is 0 Å². The van der Waals surface area contributed by atoms with Crippen LogP contribution in [0.1, 0.15) is 32.6 Å². The van der Waals surface area contributed by atoms with E-state index in [1.54, 1.807) is 0 Å². The summed E-state index contributed by atoms with van der Waals surface area (Å²) in [4.78, 5) is 0. The van der Waals surface area contributed by atoms with Gasteiger partial charge in [-0.2, -0.15) is 0 Å². The highest BCUT2D eigenvalue weighted by molar-refractivity contribution is 7.90. The van der Waals surface area contributed by atoms with Gasteiger partial charge in [-0.1, -0.05) is 13.3 Å². The van der Waals surface area contributed by atoms with Crippen molar-refractivity contribution in [3.05, 3.63) is 0 Å². The van der Waals surface area contributed by atoms with E-state index in [1.807, 2.05) is 0 Å². The zero-order valence-corrected chi connectivity index (χ0v) is 9.99. The molecule has 0 saturated heterocycles. The smallest absolute Gasteiger partial charge is 0.147 e. The van der Waals surface area contributed by atoms with E-state index in [9.17, 15) is 8.42 Å². The Morgan fingerprint density at radius 3 is 2.43 bits per heavy atom. The third kappa shape index (κ3) is 4.42. The van der Waals surface area contributed by atoms with E-state index >= 15 is 0 Å². The number of hydrogen-bond donors (Lipinski definition) is 1. The van der Waals surface area contributed by atoms with Crippen LogP contribution in [-0.2, 0) is 9.84 Å². The molecule has 1 rings (SSSR count). The van der Waals surface area contributed by atoms with Gasteiger partial charge in [-0.25, -0.2) is 8.42 Å². The van der Waals surface area contributed by atoms with Gasteiger partial charge in [0.05, 0.1) is 5.75 Å². The van der Waals surface area contributed by atoms with Crippen molar-refractivity contribution in [3.63, 3.8) is 0 Å². The molecule has 0 aliphatic heterocycles. The lowest BCUT2D eigenvalue weighted by atomic mass is 9.70. The Hall–Kier alpha value is -0.0900. The van der Waals surface area contributed by atoms with E-state index < -0.39 is 9.84 Å². The molecule has 1 fully saturated rings. The summed E-state index contributed by atoms with van der Waals surface area (Å²) < 4.78 is 21.7. The quantitative estimate of drug-likeness (QED) is 0.683. The maximum atomic E-state index is 10.8. The topological polar surface area (TPSA) is 46.2 Å². The molecule has 0 aromatic carbocycles. The van der Waals surface area contributed by atoms with Gasteiger partial charge in [0.1, 0.15) is 9.84 Å². The zero-order valence-electron chi connectivity index (χ0n) is 9.17. The molecule has 0 spiro atoms. The molecule has 3 nitrogen and oxygen atoms in total. The zero-order chi connectivity index (χ0) is 10.7. The first-order chi connectivity index (χ1) is 6.41. The minimum absolute atomic E-state index is 0.302. The largest absolute Gasteiger partial charge is 0.316 e.